The molecular weight excluding hydrogens is 248 g/mol. The third kappa shape index (κ3) is 1.72. The van der Waals surface area contributed by atoms with Gasteiger partial charge in [0, 0.05) is 21.9 Å². The van der Waals surface area contributed by atoms with Gasteiger partial charge in [-0.05, 0) is 10.8 Å². The summed E-state index contributed by atoms with van der Waals surface area (Å²) >= 11 is 2.49. The molecule has 0 aliphatic rings. The Kier molecular flexibility index (Phi) is 2.76. The van der Waals surface area contributed by atoms with Gasteiger partial charge in [-0.25, -0.2) is 9.59 Å². The molecule has 4 nitrogen and oxygen atoms in total. The number of carboxylic acid groups (broad SMARTS) is 2. The molecule has 0 fully saturated rings. The number of hydrogen-bond acceptors (Lipinski definition) is 4. The molecule has 2 aromatic heterocycles. The van der Waals surface area contributed by atoms with E-state index in [0.717, 1.165) is 0 Å². The molecule has 6 heteroatoms. The second kappa shape index (κ2) is 4.07. The van der Waals surface area contributed by atoms with Crippen LogP contribution in [-0.4, -0.2) is 22.2 Å². The lowest BCUT2D eigenvalue weighted by molar-refractivity contribution is 0.0685. The van der Waals surface area contributed by atoms with Gasteiger partial charge >= 0.3 is 11.9 Å². The topological polar surface area (TPSA) is 74.6 Å². The number of aromatic carboxylic acids is 2. The molecule has 0 bridgehead atoms. The van der Waals surface area contributed by atoms with E-state index in [4.69, 9.17) is 10.2 Å². The number of hydrogen-bond donors (Lipinski definition) is 2. The molecule has 0 saturated carbocycles. The summed E-state index contributed by atoms with van der Waals surface area (Å²) in [5.74, 6) is -2.09. The number of carbonyl (C=O) groups is 2. The van der Waals surface area contributed by atoms with Crippen LogP contribution in [0.5, 0.6) is 0 Å². The minimum atomic E-state index is -1.04. The van der Waals surface area contributed by atoms with Gasteiger partial charge in [-0.3, -0.25) is 0 Å². The quantitative estimate of drug-likeness (QED) is 0.883. The van der Waals surface area contributed by atoms with E-state index in [0.29, 0.717) is 11.1 Å². The molecule has 0 amide bonds. The molecule has 2 rings (SSSR count). The monoisotopic (exact) mass is 254 g/mol. The highest BCUT2D eigenvalue weighted by molar-refractivity contribution is 7.09. The zero-order chi connectivity index (χ0) is 11.7. The van der Waals surface area contributed by atoms with Gasteiger partial charge in [-0.1, -0.05) is 0 Å². The van der Waals surface area contributed by atoms with Crippen LogP contribution < -0.4 is 0 Å². The Morgan fingerprint density at radius 3 is 1.50 bits per heavy atom. The van der Waals surface area contributed by atoms with Crippen molar-refractivity contribution in [2.45, 2.75) is 0 Å². The van der Waals surface area contributed by atoms with E-state index < -0.39 is 11.9 Å². The fraction of sp³-hybridized carbons (Fsp3) is 0. The van der Waals surface area contributed by atoms with Gasteiger partial charge in [0.05, 0.1) is 11.1 Å². The lowest BCUT2D eigenvalue weighted by atomic mass is 10.0. The summed E-state index contributed by atoms with van der Waals surface area (Å²) in [4.78, 5) is 21.8. The van der Waals surface area contributed by atoms with E-state index in [1.54, 1.807) is 10.8 Å². The first-order chi connectivity index (χ1) is 7.61. The lowest BCUT2D eigenvalue weighted by Crippen LogP contribution is -1.99. The standard InChI is InChI=1S/C10H6O4S2/c11-9(12)7-3-15-1-5(7)6-2-16-4-8(6)10(13)14/h1-4H,(H,11,12)(H,13,14). The highest BCUT2D eigenvalue weighted by Crippen LogP contribution is 2.32. The van der Waals surface area contributed by atoms with Gasteiger partial charge in [-0.2, -0.15) is 22.7 Å². The summed E-state index contributed by atoms with van der Waals surface area (Å²) in [6, 6.07) is 0. The van der Waals surface area contributed by atoms with Crippen LogP contribution in [0.4, 0.5) is 0 Å². The van der Waals surface area contributed by atoms with Gasteiger partial charge in [0.25, 0.3) is 0 Å². The van der Waals surface area contributed by atoms with Gasteiger partial charge in [0.15, 0.2) is 0 Å². The Morgan fingerprint density at radius 2 is 1.19 bits per heavy atom. The molecule has 0 unspecified atom stereocenters. The average molecular weight is 254 g/mol. The van der Waals surface area contributed by atoms with E-state index in [1.165, 1.54) is 33.4 Å². The molecule has 0 aliphatic carbocycles. The predicted octanol–water partition coefficient (Wildman–Crippen LogP) is 2.87. The van der Waals surface area contributed by atoms with Crippen molar-refractivity contribution in [1.82, 2.24) is 0 Å². The molecule has 0 spiro atoms. The second-order valence-electron chi connectivity index (χ2n) is 3.01. The maximum atomic E-state index is 10.9. The fourth-order valence-corrected chi connectivity index (χ4v) is 2.99. The number of thiophene rings is 2. The van der Waals surface area contributed by atoms with Crippen LogP contribution in [-0.2, 0) is 0 Å². The Labute approximate surface area is 98.4 Å². The minimum Gasteiger partial charge on any atom is -0.478 e. The maximum absolute atomic E-state index is 10.9. The van der Waals surface area contributed by atoms with Crippen molar-refractivity contribution in [3.05, 3.63) is 32.6 Å². The second-order valence-corrected chi connectivity index (χ2v) is 4.50. The Hall–Kier alpha value is -1.66. The third-order valence-corrected chi connectivity index (χ3v) is 3.56. The van der Waals surface area contributed by atoms with Crippen LogP contribution in [0.3, 0.4) is 0 Å². The van der Waals surface area contributed by atoms with E-state index in [9.17, 15) is 9.59 Å². The largest absolute Gasteiger partial charge is 0.478 e. The molecule has 0 atom stereocenters. The lowest BCUT2D eigenvalue weighted by Gasteiger charge is -1.99. The van der Waals surface area contributed by atoms with Gasteiger partial charge in [-0.15, -0.1) is 0 Å². The van der Waals surface area contributed by atoms with Crippen LogP contribution in [0.2, 0.25) is 0 Å². The predicted molar refractivity (Wildman–Crippen MR) is 61.6 cm³/mol. The minimum absolute atomic E-state index is 0.144. The fourth-order valence-electron chi connectivity index (χ4n) is 1.34. The van der Waals surface area contributed by atoms with Crippen LogP contribution in [0, 0.1) is 0 Å². The van der Waals surface area contributed by atoms with Crippen LogP contribution in [0.25, 0.3) is 11.1 Å². The molecule has 2 N–H and O–H groups in total. The van der Waals surface area contributed by atoms with Crippen molar-refractivity contribution in [2.75, 3.05) is 0 Å². The summed E-state index contributed by atoms with van der Waals surface area (Å²) in [5, 5.41) is 24.2. The Bertz CT molecular complexity index is 502. The Balaban J connectivity index is 2.59. The molecule has 0 aliphatic heterocycles. The SMILES string of the molecule is O=C(O)c1cscc1-c1cscc1C(=O)O. The van der Waals surface area contributed by atoms with Gasteiger partial charge < -0.3 is 10.2 Å². The van der Waals surface area contributed by atoms with Crippen LogP contribution in [0.1, 0.15) is 20.7 Å². The number of rotatable bonds is 3. The normalized spacial score (nSPS) is 10.2. The Morgan fingerprint density at radius 1 is 0.812 bits per heavy atom. The van der Waals surface area contributed by atoms with Crippen molar-refractivity contribution in [1.29, 1.82) is 0 Å². The first kappa shape index (κ1) is 10.8. The zero-order valence-electron chi connectivity index (χ0n) is 7.84. The first-order valence-corrected chi connectivity index (χ1v) is 6.09. The summed E-state index contributed by atoms with van der Waals surface area (Å²) in [6.07, 6.45) is 0. The van der Waals surface area contributed by atoms with Crippen molar-refractivity contribution < 1.29 is 19.8 Å². The van der Waals surface area contributed by atoms with E-state index in [1.807, 2.05) is 0 Å². The molecule has 2 heterocycles. The van der Waals surface area contributed by atoms with Gasteiger partial charge in [0.2, 0.25) is 0 Å². The van der Waals surface area contributed by atoms with Crippen molar-refractivity contribution in [3.63, 3.8) is 0 Å². The van der Waals surface area contributed by atoms with Crippen LogP contribution in [0.15, 0.2) is 21.5 Å². The van der Waals surface area contributed by atoms with Crippen molar-refractivity contribution in [3.8, 4) is 11.1 Å². The number of carboxylic acids is 2. The molecule has 0 aromatic carbocycles. The molecule has 0 saturated heterocycles. The molecule has 82 valence electrons. The summed E-state index contributed by atoms with van der Waals surface area (Å²) in [7, 11) is 0. The van der Waals surface area contributed by atoms with Gasteiger partial charge in [0.1, 0.15) is 0 Å². The summed E-state index contributed by atoms with van der Waals surface area (Å²) < 4.78 is 0. The maximum Gasteiger partial charge on any atom is 0.337 e. The smallest absolute Gasteiger partial charge is 0.337 e. The molecular formula is C10H6O4S2. The van der Waals surface area contributed by atoms with Crippen molar-refractivity contribution in [2.24, 2.45) is 0 Å². The summed E-state index contributed by atoms with van der Waals surface area (Å²) in [5.41, 5.74) is 1.23. The third-order valence-electron chi connectivity index (χ3n) is 2.07. The van der Waals surface area contributed by atoms with Crippen LogP contribution >= 0.6 is 22.7 Å². The van der Waals surface area contributed by atoms with E-state index in [-0.39, 0.29) is 11.1 Å². The first-order valence-electron chi connectivity index (χ1n) is 4.20. The van der Waals surface area contributed by atoms with E-state index >= 15 is 0 Å². The molecule has 0 radical (unpaired) electrons. The highest BCUT2D eigenvalue weighted by Gasteiger charge is 2.19. The zero-order valence-corrected chi connectivity index (χ0v) is 9.47. The molecule has 16 heavy (non-hydrogen) atoms. The molecule has 2 aromatic rings. The summed E-state index contributed by atoms with van der Waals surface area (Å²) in [6.45, 7) is 0. The average Bonchev–Trinajstić information content (AvgIpc) is 2.85. The van der Waals surface area contributed by atoms with E-state index in [2.05, 4.69) is 0 Å². The van der Waals surface area contributed by atoms with Crippen molar-refractivity contribution >= 4 is 34.6 Å². The highest BCUT2D eigenvalue weighted by atomic mass is 32.1.